The highest BCUT2D eigenvalue weighted by Gasteiger charge is 2.24. The molecule has 0 saturated carbocycles. The SMILES string of the molecule is O=C(c1cccc(-n2cnnc2)c1)N(Cc1ccsc1)CC1CCCO1. The van der Waals surface area contributed by atoms with E-state index in [2.05, 4.69) is 21.6 Å². The number of carbonyl (C=O) groups is 1. The van der Waals surface area contributed by atoms with Crippen LogP contribution in [0.1, 0.15) is 28.8 Å². The standard InChI is InChI=1S/C19H20N4O2S/c24-19(16-3-1-4-17(9-16)23-13-20-21-14-23)22(10-15-6-8-26-12-15)11-18-5-2-7-25-18/h1,3-4,6,8-9,12-14,18H,2,5,7,10-11H2. The molecular formula is C19H20N4O2S. The quantitative estimate of drug-likeness (QED) is 0.671. The molecule has 6 nitrogen and oxygen atoms in total. The summed E-state index contributed by atoms with van der Waals surface area (Å²) in [5, 5.41) is 11.8. The molecule has 1 aromatic carbocycles. The van der Waals surface area contributed by atoms with E-state index in [1.54, 1.807) is 28.6 Å². The van der Waals surface area contributed by atoms with Gasteiger partial charge in [-0.2, -0.15) is 11.3 Å². The Labute approximate surface area is 156 Å². The summed E-state index contributed by atoms with van der Waals surface area (Å²) in [5.74, 6) is 0.0154. The van der Waals surface area contributed by atoms with Crippen molar-refractivity contribution in [2.45, 2.75) is 25.5 Å². The zero-order valence-corrected chi connectivity index (χ0v) is 15.1. The summed E-state index contributed by atoms with van der Waals surface area (Å²) >= 11 is 1.65. The lowest BCUT2D eigenvalue weighted by atomic mass is 10.1. The molecule has 26 heavy (non-hydrogen) atoms. The van der Waals surface area contributed by atoms with E-state index in [0.29, 0.717) is 18.7 Å². The fourth-order valence-electron chi connectivity index (χ4n) is 3.17. The van der Waals surface area contributed by atoms with Gasteiger partial charge in [0, 0.05) is 30.9 Å². The van der Waals surface area contributed by atoms with Gasteiger partial charge in [-0.25, -0.2) is 0 Å². The summed E-state index contributed by atoms with van der Waals surface area (Å²) in [6.45, 7) is 2.00. The fourth-order valence-corrected chi connectivity index (χ4v) is 3.83. The molecule has 7 heteroatoms. The molecule has 4 rings (SSSR count). The van der Waals surface area contributed by atoms with Crippen molar-refractivity contribution in [2.24, 2.45) is 0 Å². The predicted octanol–water partition coefficient (Wildman–Crippen LogP) is 3.15. The van der Waals surface area contributed by atoms with Crippen LogP contribution in [0.15, 0.2) is 53.7 Å². The number of thiophene rings is 1. The first kappa shape index (κ1) is 16.9. The maximum Gasteiger partial charge on any atom is 0.254 e. The number of nitrogens with zero attached hydrogens (tertiary/aromatic N) is 4. The third kappa shape index (κ3) is 3.84. The molecule has 1 aliphatic rings. The average Bonchev–Trinajstić information content (AvgIpc) is 3.43. The molecule has 1 aliphatic heterocycles. The van der Waals surface area contributed by atoms with Crippen molar-refractivity contribution in [3.05, 3.63) is 64.9 Å². The van der Waals surface area contributed by atoms with E-state index >= 15 is 0 Å². The zero-order chi connectivity index (χ0) is 17.8. The molecule has 1 saturated heterocycles. The topological polar surface area (TPSA) is 60.2 Å². The molecule has 3 aromatic rings. The van der Waals surface area contributed by atoms with Gasteiger partial charge in [0.2, 0.25) is 0 Å². The second-order valence-electron chi connectivity index (χ2n) is 6.37. The van der Waals surface area contributed by atoms with Gasteiger partial charge in [0.05, 0.1) is 6.10 Å². The summed E-state index contributed by atoms with van der Waals surface area (Å²) < 4.78 is 7.55. The number of amides is 1. The van der Waals surface area contributed by atoms with Gasteiger partial charge in [0.25, 0.3) is 5.91 Å². The molecule has 1 amide bonds. The second kappa shape index (κ2) is 7.80. The lowest BCUT2D eigenvalue weighted by Crippen LogP contribution is -2.36. The van der Waals surface area contributed by atoms with E-state index in [0.717, 1.165) is 30.7 Å². The minimum absolute atomic E-state index is 0.0154. The number of carbonyl (C=O) groups excluding carboxylic acids is 1. The highest BCUT2D eigenvalue weighted by molar-refractivity contribution is 7.07. The molecule has 1 unspecified atom stereocenters. The Bertz CT molecular complexity index is 842. The van der Waals surface area contributed by atoms with Crippen molar-refractivity contribution in [3.8, 4) is 5.69 Å². The number of benzene rings is 1. The van der Waals surface area contributed by atoms with Crippen LogP contribution in [0, 0.1) is 0 Å². The van der Waals surface area contributed by atoms with Crippen LogP contribution in [0.3, 0.4) is 0 Å². The first-order chi connectivity index (χ1) is 12.8. The summed E-state index contributed by atoms with van der Waals surface area (Å²) in [6.07, 6.45) is 5.44. The Hall–Kier alpha value is -2.51. The van der Waals surface area contributed by atoms with E-state index in [1.807, 2.05) is 34.5 Å². The smallest absolute Gasteiger partial charge is 0.254 e. The van der Waals surface area contributed by atoms with Gasteiger partial charge < -0.3 is 9.64 Å². The monoisotopic (exact) mass is 368 g/mol. The molecule has 2 aromatic heterocycles. The number of hydrogen-bond acceptors (Lipinski definition) is 5. The highest BCUT2D eigenvalue weighted by Crippen LogP contribution is 2.19. The van der Waals surface area contributed by atoms with E-state index < -0.39 is 0 Å². The fraction of sp³-hybridized carbons (Fsp3) is 0.316. The predicted molar refractivity (Wildman–Crippen MR) is 99.4 cm³/mol. The van der Waals surface area contributed by atoms with Crippen LogP contribution in [-0.4, -0.2) is 44.8 Å². The molecule has 0 radical (unpaired) electrons. The van der Waals surface area contributed by atoms with Gasteiger partial charge in [-0.3, -0.25) is 9.36 Å². The maximum absolute atomic E-state index is 13.2. The van der Waals surface area contributed by atoms with Crippen molar-refractivity contribution in [2.75, 3.05) is 13.2 Å². The lowest BCUT2D eigenvalue weighted by molar-refractivity contribution is 0.0507. The van der Waals surface area contributed by atoms with E-state index in [9.17, 15) is 4.79 Å². The summed E-state index contributed by atoms with van der Waals surface area (Å²) in [5.41, 5.74) is 2.68. The number of aromatic nitrogens is 3. The normalized spacial score (nSPS) is 16.7. The van der Waals surface area contributed by atoms with E-state index in [4.69, 9.17) is 4.74 Å². The van der Waals surface area contributed by atoms with Crippen LogP contribution >= 0.6 is 11.3 Å². The van der Waals surface area contributed by atoms with Crippen molar-refractivity contribution in [3.63, 3.8) is 0 Å². The van der Waals surface area contributed by atoms with Crippen molar-refractivity contribution in [1.82, 2.24) is 19.7 Å². The molecule has 0 bridgehead atoms. The first-order valence-electron chi connectivity index (χ1n) is 8.66. The van der Waals surface area contributed by atoms with E-state index in [-0.39, 0.29) is 12.0 Å². The van der Waals surface area contributed by atoms with Crippen LogP contribution in [0.4, 0.5) is 0 Å². The van der Waals surface area contributed by atoms with Crippen molar-refractivity contribution < 1.29 is 9.53 Å². The van der Waals surface area contributed by atoms with Gasteiger partial charge in [-0.15, -0.1) is 10.2 Å². The van der Waals surface area contributed by atoms with Crippen LogP contribution in [0.25, 0.3) is 5.69 Å². The highest BCUT2D eigenvalue weighted by atomic mass is 32.1. The summed E-state index contributed by atoms with van der Waals surface area (Å²) in [4.78, 5) is 15.1. The first-order valence-corrected chi connectivity index (χ1v) is 9.61. The average molecular weight is 368 g/mol. The van der Waals surface area contributed by atoms with Crippen LogP contribution in [0.5, 0.6) is 0 Å². The Morgan fingerprint density at radius 3 is 2.92 bits per heavy atom. The van der Waals surface area contributed by atoms with Crippen LogP contribution < -0.4 is 0 Å². The minimum atomic E-state index is 0.0154. The molecular weight excluding hydrogens is 348 g/mol. The van der Waals surface area contributed by atoms with Gasteiger partial charge in [0.15, 0.2) is 0 Å². The Balaban J connectivity index is 1.57. The molecule has 3 heterocycles. The molecule has 0 aliphatic carbocycles. The Morgan fingerprint density at radius 2 is 2.19 bits per heavy atom. The van der Waals surface area contributed by atoms with E-state index in [1.165, 1.54) is 0 Å². The molecule has 0 N–H and O–H groups in total. The number of hydrogen-bond donors (Lipinski definition) is 0. The van der Waals surface area contributed by atoms with Gasteiger partial charge in [-0.05, 0) is 53.4 Å². The van der Waals surface area contributed by atoms with Gasteiger partial charge in [-0.1, -0.05) is 6.07 Å². The number of ether oxygens (including phenoxy) is 1. The summed E-state index contributed by atoms with van der Waals surface area (Å²) in [6, 6.07) is 9.61. The lowest BCUT2D eigenvalue weighted by Gasteiger charge is -2.25. The molecule has 1 fully saturated rings. The van der Waals surface area contributed by atoms with Gasteiger partial charge in [0.1, 0.15) is 12.7 Å². The zero-order valence-electron chi connectivity index (χ0n) is 14.3. The Kier molecular flexibility index (Phi) is 5.08. The second-order valence-corrected chi connectivity index (χ2v) is 7.15. The third-order valence-corrected chi connectivity index (χ3v) is 5.23. The van der Waals surface area contributed by atoms with Crippen LogP contribution in [-0.2, 0) is 11.3 Å². The minimum Gasteiger partial charge on any atom is -0.376 e. The number of rotatable bonds is 6. The molecule has 134 valence electrons. The van der Waals surface area contributed by atoms with Crippen LogP contribution in [0.2, 0.25) is 0 Å². The molecule has 0 spiro atoms. The van der Waals surface area contributed by atoms with Gasteiger partial charge >= 0.3 is 0 Å². The maximum atomic E-state index is 13.2. The third-order valence-electron chi connectivity index (χ3n) is 4.50. The largest absolute Gasteiger partial charge is 0.376 e. The Morgan fingerprint density at radius 1 is 1.31 bits per heavy atom. The molecule has 1 atom stereocenters. The van der Waals surface area contributed by atoms with Crippen molar-refractivity contribution in [1.29, 1.82) is 0 Å². The summed E-state index contributed by atoms with van der Waals surface area (Å²) in [7, 11) is 0. The van der Waals surface area contributed by atoms with Crippen molar-refractivity contribution >= 4 is 17.2 Å².